The van der Waals surface area contributed by atoms with E-state index in [0.717, 1.165) is 19.4 Å². The van der Waals surface area contributed by atoms with Gasteiger partial charge in [-0.3, -0.25) is 9.59 Å². The summed E-state index contributed by atoms with van der Waals surface area (Å²) in [5, 5.41) is 3.47. The molecule has 0 radical (unpaired) electrons. The molecular weight excluding hydrogens is 266 g/mol. The lowest BCUT2D eigenvalue weighted by Crippen LogP contribution is -2.57. The fourth-order valence-electron chi connectivity index (χ4n) is 2.72. The first-order chi connectivity index (χ1) is 10.1. The lowest BCUT2D eigenvalue weighted by atomic mass is 10.0. The van der Waals surface area contributed by atoms with Crippen LogP contribution in [0.2, 0.25) is 0 Å². The Bertz CT molecular complexity index is 530. The summed E-state index contributed by atoms with van der Waals surface area (Å²) in [4.78, 5) is 25.9. The van der Waals surface area contributed by atoms with E-state index in [1.807, 2.05) is 4.90 Å². The highest BCUT2D eigenvalue weighted by Gasteiger charge is 2.30. The van der Waals surface area contributed by atoms with Crippen molar-refractivity contribution in [3.8, 4) is 0 Å². The molecule has 1 aliphatic heterocycles. The van der Waals surface area contributed by atoms with Crippen LogP contribution < -0.4 is 11.1 Å². The zero-order valence-corrected chi connectivity index (χ0v) is 12.6. The number of hydrogen-bond acceptors (Lipinski definition) is 3. The monoisotopic (exact) mass is 289 g/mol. The third-order valence-corrected chi connectivity index (χ3v) is 4.12. The van der Waals surface area contributed by atoms with E-state index in [-0.39, 0.29) is 11.9 Å². The molecule has 21 heavy (non-hydrogen) atoms. The van der Waals surface area contributed by atoms with Gasteiger partial charge < -0.3 is 16.0 Å². The van der Waals surface area contributed by atoms with E-state index in [1.165, 1.54) is 0 Å². The van der Waals surface area contributed by atoms with E-state index in [4.69, 9.17) is 5.73 Å². The number of hydrogen-bond donors (Lipinski definition) is 2. The largest absolute Gasteiger partial charge is 0.366 e. The summed E-state index contributed by atoms with van der Waals surface area (Å²) in [5.74, 6) is -0.534. The number of carbonyl (C=O) groups is 2. The van der Waals surface area contributed by atoms with Gasteiger partial charge in [0.2, 0.25) is 5.91 Å². The Balaban J connectivity index is 2.23. The van der Waals surface area contributed by atoms with Gasteiger partial charge in [0.05, 0.1) is 0 Å². The number of rotatable bonds is 4. The van der Waals surface area contributed by atoms with Crippen molar-refractivity contribution in [2.75, 3.05) is 13.1 Å². The Hall–Kier alpha value is -1.88. The third kappa shape index (κ3) is 3.42. The summed E-state index contributed by atoms with van der Waals surface area (Å²) in [6, 6.07) is 7.18. The fraction of sp³-hybridized carbons (Fsp3) is 0.500. The van der Waals surface area contributed by atoms with Gasteiger partial charge in [-0.25, -0.2) is 0 Å². The van der Waals surface area contributed by atoms with Gasteiger partial charge in [-0.15, -0.1) is 0 Å². The number of primary amides is 1. The highest BCUT2D eigenvalue weighted by atomic mass is 16.2. The summed E-state index contributed by atoms with van der Waals surface area (Å²) >= 11 is 0. The van der Waals surface area contributed by atoms with Crippen LogP contribution in [0.3, 0.4) is 0 Å². The van der Waals surface area contributed by atoms with Crippen molar-refractivity contribution < 1.29 is 9.59 Å². The molecule has 2 unspecified atom stereocenters. The first-order valence-electron chi connectivity index (χ1n) is 7.51. The molecule has 2 atom stereocenters. The maximum atomic E-state index is 12.8. The Morgan fingerprint density at radius 1 is 1.29 bits per heavy atom. The van der Waals surface area contributed by atoms with E-state index < -0.39 is 5.91 Å². The molecule has 0 bridgehead atoms. The van der Waals surface area contributed by atoms with Crippen molar-refractivity contribution >= 4 is 11.8 Å². The van der Waals surface area contributed by atoms with Gasteiger partial charge in [-0.1, -0.05) is 19.9 Å². The predicted octanol–water partition coefficient (Wildman–Crippen LogP) is 1.39. The SMILES string of the molecule is CCC1CN(C(=O)c2cccc(C(N)=O)c2)C(CC)CN1. The second kappa shape index (κ2) is 6.72. The number of piperazine rings is 1. The number of nitrogens with one attached hydrogen (secondary N) is 1. The molecule has 1 fully saturated rings. The van der Waals surface area contributed by atoms with Gasteiger partial charge in [0, 0.05) is 36.3 Å². The van der Waals surface area contributed by atoms with Crippen LogP contribution in [-0.2, 0) is 0 Å². The fourth-order valence-corrected chi connectivity index (χ4v) is 2.72. The maximum absolute atomic E-state index is 12.8. The molecule has 114 valence electrons. The van der Waals surface area contributed by atoms with Gasteiger partial charge >= 0.3 is 0 Å². The molecule has 1 saturated heterocycles. The highest BCUT2D eigenvalue weighted by molar-refractivity contribution is 5.99. The Morgan fingerprint density at radius 2 is 2.00 bits per heavy atom. The zero-order chi connectivity index (χ0) is 15.4. The van der Waals surface area contributed by atoms with Crippen molar-refractivity contribution in [3.05, 3.63) is 35.4 Å². The molecule has 2 rings (SSSR count). The summed E-state index contributed by atoms with van der Waals surface area (Å²) in [7, 11) is 0. The molecule has 0 aliphatic carbocycles. The maximum Gasteiger partial charge on any atom is 0.254 e. The number of amides is 2. The second-order valence-corrected chi connectivity index (χ2v) is 5.48. The highest BCUT2D eigenvalue weighted by Crippen LogP contribution is 2.17. The van der Waals surface area contributed by atoms with Crippen LogP contribution >= 0.6 is 0 Å². The van der Waals surface area contributed by atoms with Crippen LogP contribution in [0.4, 0.5) is 0 Å². The van der Waals surface area contributed by atoms with E-state index in [0.29, 0.717) is 23.7 Å². The molecule has 1 aromatic rings. The third-order valence-electron chi connectivity index (χ3n) is 4.12. The van der Waals surface area contributed by atoms with Crippen LogP contribution in [0.25, 0.3) is 0 Å². The van der Waals surface area contributed by atoms with Crippen molar-refractivity contribution in [2.24, 2.45) is 5.73 Å². The number of nitrogens with zero attached hydrogens (tertiary/aromatic N) is 1. The van der Waals surface area contributed by atoms with Crippen LogP contribution in [0.5, 0.6) is 0 Å². The van der Waals surface area contributed by atoms with Gasteiger partial charge in [-0.2, -0.15) is 0 Å². The standard InChI is InChI=1S/C16H23N3O2/c1-3-13-10-19(14(4-2)9-18-13)16(21)12-7-5-6-11(8-12)15(17)20/h5-8,13-14,18H,3-4,9-10H2,1-2H3,(H2,17,20). The van der Waals surface area contributed by atoms with Gasteiger partial charge in [0.1, 0.15) is 0 Å². The molecule has 0 aromatic heterocycles. The number of carbonyl (C=O) groups excluding carboxylic acids is 2. The minimum Gasteiger partial charge on any atom is -0.366 e. The van der Waals surface area contributed by atoms with Crippen molar-refractivity contribution in [2.45, 2.75) is 38.8 Å². The lowest BCUT2D eigenvalue weighted by molar-refractivity contribution is 0.0576. The topological polar surface area (TPSA) is 75.4 Å². The molecule has 1 aliphatic rings. The first kappa shape index (κ1) is 15.5. The smallest absolute Gasteiger partial charge is 0.254 e. The first-order valence-corrected chi connectivity index (χ1v) is 7.51. The molecular formula is C16H23N3O2. The molecule has 5 heteroatoms. The van der Waals surface area contributed by atoms with Crippen molar-refractivity contribution in [3.63, 3.8) is 0 Å². The molecule has 1 heterocycles. The van der Waals surface area contributed by atoms with Crippen LogP contribution in [-0.4, -0.2) is 41.9 Å². The van der Waals surface area contributed by atoms with Crippen molar-refractivity contribution in [1.82, 2.24) is 10.2 Å². The molecule has 0 saturated carbocycles. The zero-order valence-electron chi connectivity index (χ0n) is 12.6. The van der Waals surface area contributed by atoms with Gasteiger partial charge in [-0.05, 0) is 31.0 Å². The molecule has 0 spiro atoms. The lowest BCUT2D eigenvalue weighted by Gasteiger charge is -2.40. The molecule has 1 aromatic carbocycles. The van der Waals surface area contributed by atoms with Gasteiger partial charge in [0.15, 0.2) is 0 Å². The number of benzene rings is 1. The second-order valence-electron chi connectivity index (χ2n) is 5.48. The van der Waals surface area contributed by atoms with Crippen LogP contribution in [0, 0.1) is 0 Å². The van der Waals surface area contributed by atoms with E-state index >= 15 is 0 Å². The predicted molar refractivity (Wildman–Crippen MR) is 82.2 cm³/mol. The minimum atomic E-state index is -0.511. The molecule has 2 amide bonds. The summed E-state index contributed by atoms with van der Waals surface area (Å²) in [6.07, 6.45) is 1.90. The molecule has 3 N–H and O–H groups in total. The Kier molecular flexibility index (Phi) is 4.96. The summed E-state index contributed by atoms with van der Waals surface area (Å²) < 4.78 is 0. The van der Waals surface area contributed by atoms with E-state index in [9.17, 15) is 9.59 Å². The summed E-state index contributed by atoms with van der Waals surface area (Å²) in [5.41, 5.74) is 6.18. The quantitative estimate of drug-likeness (QED) is 0.879. The average Bonchev–Trinajstić information content (AvgIpc) is 2.53. The Morgan fingerprint density at radius 3 is 2.62 bits per heavy atom. The van der Waals surface area contributed by atoms with Crippen LogP contribution in [0.15, 0.2) is 24.3 Å². The normalized spacial score (nSPS) is 22.1. The Labute approximate surface area is 125 Å². The van der Waals surface area contributed by atoms with E-state index in [2.05, 4.69) is 19.2 Å². The molecule has 5 nitrogen and oxygen atoms in total. The van der Waals surface area contributed by atoms with Crippen LogP contribution in [0.1, 0.15) is 47.4 Å². The minimum absolute atomic E-state index is 0.0232. The summed E-state index contributed by atoms with van der Waals surface area (Å²) in [6.45, 7) is 5.71. The van der Waals surface area contributed by atoms with E-state index in [1.54, 1.807) is 24.3 Å². The average molecular weight is 289 g/mol. The van der Waals surface area contributed by atoms with Gasteiger partial charge in [0.25, 0.3) is 5.91 Å². The van der Waals surface area contributed by atoms with Crippen molar-refractivity contribution in [1.29, 1.82) is 0 Å². The number of nitrogens with two attached hydrogens (primary N) is 1.